The second-order valence-corrected chi connectivity index (χ2v) is 6.88. The quantitative estimate of drug-likeness (QED) is 0.844. The summed E-state index contributed by atoms with van der Waals surface area (Å²) in [5.74, 6) is 1.41. The van der Waals surface area contributed by atoms with Gasteiger partial charge in [-0.15, -0.1) is 11.8 Å². The molecule has 1 heterocycles. The average Bonchev–Trinajstić information content (AvgIpc) is 2.90. The summed E-state index contributed by atoms with van der Waals surface area (Å²) >= 11 is 1.65. The summed E-state index contributed by atoms with van der Waals surface area (Å²) in [6, 6.07) is 8.51. The van der Waals surface area contributed by atoms with Crippen LogP contribution in [0.2, 0.25) is 0 Å². The number of aromatic nitrogens is 2. The van der Waals surface area contributed by atoms with Crippen LogP contribution in [0.1, 0.15) is 41.8 Å². The van der Waals surface area contributed by atoms with Crippen molar-refractivity contribution in [3.63, 3.8) is 0 Å². The van der Waals surface area contributed by atoms with Crippen LogP contribution in [0.4, 0.5) is 0 Å². The molecule has 0 radical (unpaired) electrons. The summed E-state index contributed by atoms with van der Waals surface area (Å²) in [6.45, 7) is 6.28. The Labute approximate surface area is 142 Å². The first-order valence-corrected chi connectivity index (χ1v) is 9.07. The summed E-state index contributed by atoms with van der Waals surface area (Å²) in [6.07, 6.45) is 2.62. The average molecular weight is 331 g/mol. The number of nitrogens with zero attached hydrogens (tertiary/aromatic N) is 2. The van der Waals surface area contributed by atoms with Crippen LogP contribution in [0.3, 0.4) is 0 Å². The minimum Gasteiger partial charge on any atom is -0.347 e. The smallest absolute Gasteiger partial charge is 0.230 e. The van der Waals surface area contributed by atoms with Crippen LogP contribution in [0.5, 0.6) is 0 Å². The van der Waals surface area contributed by atoms with Crippen molar-refractivity contribution < 1.29 is 4.79 Å². The molecule has 0 spiro atoms. The van der Waals surface area contributed by atoms with Crippen molar-refractivity contribution in [1.82, 2.24) is 15.1 Å². The Hall–Kier alpha value is -1.75. The fourth-order valence-corrected chi connectivity index (χ4v) is 3.53. The predicted octanol–water partition coefficient (Wildman–Crippen LogP) is 3.54. The molecule has 124 valence electrons. The molecule has 0 fully saturated rings. The van der Waals surface area contributed by atoms with E-state index in [2.05, 4.69) is 49.4 Å². The van der Waals surface area contributed by atoms with Crippen LogP contribution in [0, 0.1) is 13.8 Å². The minimum absolute atomic E-state index is 0.0248. The summed E-state index contributed by atoms with van der Waals surface area (Å²) in [5.41, 5.74) is 4.86. The lowest BCUT2D eigenvalue weighted by atomic mass is 10.1. The fourth-order valence-electron chi connectivity index (χ4n) is 2.76. The highest BCUT2D eigenvalue weighted by atomic mass is 32.2. The number of thioether (sulfide) groups is 1. The zero-order valence-corrected chi connectivity index (χ0v) is 15.1. The van der Waals surface area contributed by atoms with E-state index in [9.17, 15) is 4.79 Å². The lowest BCUT2D eigenvalue weighted by Crippen LogP contribution is -2.30. The first-order valence-electron chi connectivity index (χ1n) is 7.91. The zero-order chi connectivity index (χ0) is 16.8. The lowest BCUT2D eigenvalue weighted by molar-refractivity contribution is -0.119. The number of rotatable bonds is 7. The molecule has 1 aromatic heterocycles. The number of nitrogens with one attached hydrogen (secondary N) is 1. The highest BCUT2D eigenvalue weighted by molar-refractivity contribution is 7.99. The van der Waals surface area contributed by atoms with Gasteiger partial charge in [0.1, 0.15) is 0 Å². The van der Waals surface area contributed by atoms with E-state index >= 15 is 0 Å². The molecule has 0 saturated carbocycles. The molecule has 1 aromatic carbocycles. The van der Waals surface area contributed by atoms with Gasteiger partial charge in [0, 0.05) is 19.0 Å². The monoisotopic (exact) mass is 331 g/mol. The summed E-state index contributed by atoms with van der Waals surface area (Å²) in [5, 5.41) is 7.27. The minimum atomic E-state index is 0.0248. The topological polar surface area (TPSA) is 46.9 Å². The standard InChI is InChI=1S/C18H25N3OS/c1-5-16(17-6-7-19-21(17)4)20-18(22)12-23-11-15-9-13(2)8-14(3)10-15/h6-10,16H,5,11-12H2,1-4H3,(H,20,22). The van der Waals surface area contributed by atoms with E-state index in [1.54, 1.807) is 18.0 Å². The van der Waals surface area contributed by atoms with Gasteiger partial charge in [-0.25, -0.2) is 0 Å². The first-order chi connectivity index (χ1) is 11.0. The molecule has 23 heavy (non-hydrogen) atoms. The molecule has 1 amide bonds. The van der Waals surface area contributed by atoms with Crippen LogP contribution >= 0.6 is 11.8 Å². The molecule has 1 unspecified atom stereocenters. The van der Waals surface area contributed by atoms with Gasteiger partial charge in [-0.2, -0.15) is 5.10 Å². The third kappa shape index (κ3) is 5.13. The Morgan fingerprint density at radius 1 is 1.30 bits per heavy atom. The van der Waals surface area contributed by atoms with E-state index in [4.69, 9.17) is 0 Å². The predicted molar refractivity (Wildman–Crippen MR) is 96.5 cm³/mol. The van der Waals surface area contributed by atoms with E-state index in [0.29, 0.717) is 5.75 Å². The van der Waals surface area contributed by atoms with Crippen molar-refractivity contribution in [1.29, 1.82) is 0 Å². The third-order valence-corrected chi connectivity index (χ3v) is 4.75. The van der Waals surface area contributed by atoms with E-state index in [-0.39, 0.29) is 11.9 Å². The summed E-state index contributed by atoms with van der Waals surface area (Å²) < 4.78 is 1.82. The Morgan fingerprint density at radius 3 is 2.57 bits per heavy atom. The van der Waals surface area contributed by atoms with E-state index in [1.807, 2.05) is 17.8 Å². The number of aryl methyl sites for hydroxylation is 3. The molecule has 1 atom stereocenters. The third-order valence-electron chi connectivity index (χ3n) is 3.74. The van der Waals surface area contributed by atoms with Crippen molar-refractivity contribution in [3.8, 4) is 0 Å². The molecule has 0 aliphatic heterocycles. The first kappa shape index (κ1) is 17.6. The normalized spacial score (nSPS) is 12.2. The molecule has 1 N–H and O–H groups in total. The van der Waals surface area contributed by atoms with E-state index in [1.165, 1.54) is 16.7 Å². The van der Waals surface area contributed by atoms with E-state index in [0.717, 1.165) is 17.9 Å². The Kier molecular flexibility index (Phi) is 6.28. The second-order valence-electron chi connectivity index (χ2n) is 5.90. The van der Waals surface area contributed by atoms with Gasteiger partial charge in [0.2, 0.25) is 5.91 Å². The molecule has 0 bridgehead atoms. The van der Waals surface area contributed by atoms with Gasteiger partial charge in [0.25, 0.3) is 0 Å². The number of carbonyl (C=O) groups is 1. The molecule has 0 aliphatic rings. The number of amides is 1. The number of hydrogen-bond acceptors (Lipinski definition) is 3. The van der Waals surface area contributed by atoms with Gasteiger partial charge < -0.3 is 5.32 Å². The summed E-state index contributed by atoms with van der Waals surface area (Å²) in [7, 11) is 1.90. The maximum atomic E-state index is 12.2. The van der Waals surface area contributed by atoms with Crippen molar-refractivity contribution in [2.75, 3.05) is 5.75 Å². The largest absolute Gasteiger partial charge is 0.347 e. The highest BCUT2D eigenvalue weighted by Crippen LogP contribution is 2.18. The van der Waals surface area contributed by atoms with Crippen LogP contribution < -0.4 is 5.32 Å². The molecular weight excluding hydrogens is 306 g/mol. The number of carbonyl (C=O) groups excluding carboxylic acids is 1. The molecule has 5 heteroatoms. The van der Waals surface area contributed by atoms with Crippen molar-refractivity contribution in [2.24, 2.45) is 7.05 Å². The molecule has 0 aliphatic carbocycles. The van der Waals surface area contributed by atoms with Crippen molar-refractivity contribution in [3.05, 3.63) is 52.8 Å². The lowest BCUT2D eigenvalue weighted by Gasteiger charge is -2.17. The Bertz CT molecular complexity index is 646. The number of benzene rings is 1. The maximum Gasteiger partial charge on any atom is 0.230 e. The summed E-state index contributed by atoms with van der Waals surface area (Å²) in [4.78, 5) is 12.2. The molecule has 0 saturated heterocycles. The molecular formula is C18H25N3OS. The molecule has 4 nitrogen and oxygen atoms in total. The van der Waals surface area contributed by atoms with E-state index < -0.39 is 0 Å². The highest BCUT2D eigenvalue weighted by Gasteiger charge is 2.15. The Balaban J connectivity index is 1.83. The van der Waals surface area contributed by atoms with Crippen LogP contribution in [0.15, 0.2) is 30.5 Å². The van der Waals surface area contributed by atoms with Crippen molar-refractivity contribution >= 4 is 17.7 Å². The van der Waals surface area contributed by atoms with Gasteiger partial charge in [0.05, 0.1) is 17.5 Å². The maximum absolute atomic E-state index is 12.2. The van der Waals surface area contributed by atoms with Crippen LogP contribution in [-0.2, 0) is 17.6 Å². The van der Waals surface area contributed by atoms with Crippen molar-refractivity contribution in [2.45, 2.75) is 39.0 Å². The second kappa shape index (κ2) is 8.20. The van der Waals surface area contributed by atoms with Crippen LogP contribution in [-0.4, -0.2) is 21.4 Å². The Morgan fingerprint density at radius 2 is 2.00 bits per heavy atom. The SMILES string of the molecule is CCC(NC(=O)CSCc1cc(C)cc(C)c1)c1ccnn1C. The molecule has 2 aromatic rings. The van der Waals surface area contributed by atoms with Gasteiger partial charge in [0.15, 0.2) is 0 Å². The fraction of sp³-hybridized carbons (Fsp3) is 0.444. The zero-order valence-electron chi connectivity index (χ0n) is 14.3. The van der Waals surface area contributed by atoms with Gasteiger partial charge in [-0.05, 0) is 31.9 Å². The number of hydrogen-bond donors (Lipinski definition) is 1. The molecule has 2 rings (SSSR count). The van der Waals surface area contributed by atoms with Gasteiger partial charge in [-0.1, -0.05) is 36.2 Å². The van der Waals surface area contributed by atoms with Gasteiger partial charge >= 0.3 is 0 Å². The van der Waals surface area contributed by atoms with Gasteiger partial charge in [-0.3, -0.25) is 9.48 Å². The van der Waals surface area contributed by atoms with Crippen LogP contribution in [0.25, 0.3) is 0 Å².